The number of benzene rings is 1. The summed E-state index contributed by atoms with van der Waals surface area (Å²) in [6, 6.07) is 6.57. The summed E-state index contributed by atoms with van der Waals surface area (Å²) in [4.78, 5) is 4.05. The average molecular weight is 360 g/mol. The molecule has 0 saturated carbocycles. The van der Waals surface area contributed by atoms with E-state index in [1.54, 1.807) is 12.4 Å². The molecule has 1 heterocycles. The number of hydrogen-bond acceptors (Lipinski definition) is 3. The van der Waals surface area contributed by atoms with Gasteiger partial charge in [0.05, 0.1) is 11.6 Å². The number of hydrazine groups is 1. The van der Waals surface area contributed by atoms with E-state index >= 15 is 0 Å². The van der Waals surface area contributed by atoms with Gasteiger partial charge in [0.25, 0.3) is 0 Å². The van der Waals surface area contributed by atoms with Crippen molar-refractivity contribution in [2.45, 2.75) is 18.6 Å². The van der Waals surface area contributed by atoms with Gasteiger partial charge in [-0.3, -0.25) is 16.3 Å². The van der Waals surface area contributed by atoms with Gasteiger partial charge in [-0.2, -0.15) is 13.2 Å². The average Bonchev–Trinajstić information content (AvgIpc) is 2.44. The fraction of sp³-hybridized carbons (Fsp3) is 0.214. The maximum absolute atomic E-state index is 12.5. The molecule has 1 aromatic carbocycles. The SMILES string of the molecule is NNC(Cc1cncc(Br)c1)c1ccc(C(F)(F)F)cc1. The molecule has 112 valence electrons. The molecule has 7 heteroatoms. The quantitative estimate of drug-likeness (QED) is 0.647. The normalized spacial score (nSPS) is 13.2. The van der Waals surface area contributed by atoms with Gasteiger partial charge in [-0.1, -0.05) is 12.1 Å². The van der Waals surface area contributed by atoms with Crippen LogP contribution in [0.25, 0.3) is 0 Å². The minimum absolute atomic E-state index is 0.289. The lowest BCUT2D eigenvalue weighted by atomic mass is 9.99. The highest BCUT2D eigenvalue weighted by Gasteiger charge is 2.30. The minimum Gasteiger partial charge on any atom is -0.271 e. The minimum atomic E-state index is -4.33. The van der Waals surface area contributed by atoms with E-state index in [9.17, 15) is 13.2 Å². The van der Waals surface area contributed by atoms with Crippen molar-refractivity contribution in [1.29, 1.82) is 0 Å². The summed E-state index contributed by atoms with van der Waals surface area (Å²) < 4.78 is 38.5. The summed E-state index contributed by atoms with van der Waals surface area (Å²) >= 11 is 3.32. The van der Waals surface area contributed by atoms with Gasteiger partial charge >= 0.3 is 6.18 Å². The second-order valence-corrected chi connectivity index (χ2v) is 5.47. The Hall–Kier alpha value is -1.44. The van der Waals surface area contributed by atoms with Crippen LogP contribution >= 0.6 is 15.9 Å². The molecule has 0 saturated heterocycles. The first-order chi connectivity index (χ1) is 9.90. The van der Waals surface area contributed by atoms with Crippen LogP contribution in [0.4, 0.5) is 13.2 Å². The number of nitrogens with one attached hydrogen (secondary N) is 1. The van der Waals surface area contributed by atoms with E-state index in [1.807, 2.05) is 6.07 Å². The van der Waals surface area contributed by atoms with Crippen LogP contribution in [0.1, 0.15) is 22.7 Å². The molecule has 1 unspecified atom stereocenters. The monoisotopic (exact) mass is 359 g/mol. The third-order valence-electron chi connectivity index (χ3n) is 3.04. The van der Waals surface area contributed by atoms with Crippen LogP contribution in [0.2, 0.25) is 0 Å². The van der Waals surface area contributed by atoms with E-state index in [0.717, 1.165) is 22.2 Å². The molecule has 0 fully saturated rings. The summed E-state index contributed by atoms with van der Waals surface area (Å²) in [6.07, 6.45) is -0.460. The molecule has 0 amide bonds. The number of rotatable bonds is 4. The Morgan fingerprint density at radius 2 is 1.86 bits per heavy atom. The molecule has 3 N–H and O–H groups in total. The predicted octanol–water partition coefficient (Wildman–Crippen LogP) is 3.61. The van der Waals surface area contributed by atoms with Gasteiger partial charge < -0.3 is 0 Å². The lowest BCUT2D eigenvalue weighted by Gasteiger charge is -2.17. The van der Waals surface area contributed by atoms with Crippen molar-refractivity contribution in [2.75, 3.05) is 0 Å². The Bertz CT molecular complexity index is 599. The molecule has 0 aliphatic rings. The third kappa shape index (κ3) is 4.26. The van der Waals surface area contributed by atoms with Gasteiger partial charge in [0.1, 0.15) is 0 Å². The zero-order valence-electron chi connectivity index (χ0n) is 10.9. The van der Waals surface area contributed by atoms with Crippen LogP contribution in [-0.4, -0.2) is 4.98 Å². The highest BCUT2D eigenvalue weighted by Crippen LogP contribution is 2.30. The summed E-state index contributed by atoms with van der Waals surface area (Å²) in [5.74, 6) is 5.51. The molecule has 0 radical (unpaired) electrons. The number of halogens is 4. The molecule has 21 heavy (non-hydrogen) atoms. The van der Waals surface area contributed by atoms with Crippen molar-refractivity contribution >= 4 is 15.9 Å². The molecular formula is C14H13BrF3N3. The lowest BCUT2D eigenvalue weighted by molar-refractivity contribution is -0.137. The van der Waals surface area contributed by atoms with Crippen LogP contribution in [0, 0.1) is 0 Å². The molecule has 0 bridgehead atoms. The smallest absolute Gasteiger partial charge is 0.271 e. The predicted molar refractivity (Wildman–Crippen MR) is 77.1 cm³/mol. The van der Waals surface area contributed by atoms with Gasteiger partial charge in [0.2, 0.25) is 0 Å². The maximum atomic E-state index is 12.5. The first kappa shape index (κ1) is 15.9. The number of nitrogens with two attached hydrogens (primary N) is 1. The van der Waals surface area contributed by atoms with Crippen LogP contribution in [0.5, 0.6) is 0 Å². The number of pyridine rings is 1. The lowest BCUT2D eigenvalue weighted by Crippen LogP contribution is -2.29. The highest BCUT2D eigenvalue weighted by molar-refractivity contribution is 9.10. The van der Waals surface area contributed by atoms with Crippen molar-refractivity contribution in [3.05, 3.63) is 63.9 Å². The number of hydrogen-bond donors (Lipinski definition) is 2. The standard InChI is InChI=1S/C14H13BrF3N3/c15-12-5-9(7-20-8-12)6-13(21-19)10-1-3-11(4-2-10)14(16,17)18/h1-5,7-8,13,21H,6,19H2. The molecule has 1 aromatic heterocycles. The largest absolute Gasteiger partial charge is 0.416 e. The van der Waals surface area contributed by atoms with Crippen molar-refractivity contribution in [3.63, 3.8) is 0 Å². The molecule has 1 atom stereocenters. The van der Waals surface area contributed by atoms with Gasteiger partial charge in [-0.25, -0.2) is 0 Å². The zero-order chi connectivity index (χ0) is 15.5. The summed E-state index contributed by atoms with van der Waals surface area (Å²) in [6.45, 7) is 0. The summed E-state index contributed by atoms with van der Waals surface area (Å²) in [5, 5.41) is 0. The Kier molecular flexibility index (Phi) is 4.97. The van der Waals surface area contributed by atoms with E-state index in [1.165, 1.54) is 12.1 Å². The molecule has 2 aromatic rings. The number of aromatic nitrogens is 1. The van der Waals surface area contributed by atoms with E-state index in [0.29, 0.717) is 12.0 Å². The fourth-order valence-electron chi connectivity index (χ4n) is 1.98. The van der Waals surface area contributed by atoms with E-state index < -0.39 is 11.7 Å². The van der Waals surface area contributed by atoms with E-state index in [2.05, 4.69) is 26.3 Å². The Morgan fingerprint density at radius 1 is 1.19 bits per heavy atom. The van der Waals surface area contributed by atoms with Crippen molar-refractivity contribution in [2.24, 2.45) is 5.84 Å². The Morgan fingerprint density at radius 3 is 2.38 bits per heavy atom. The molecule has 3 nitrogen and oxygen atoms in total. The molecule has 0 aliphatic heterocycles. The van der Waals surface area contributed by atoms with Crippen molar-refractivity contribution < 1.29 is 13.2 Å². The summed E-state index contributed by atoms with van der Waals surface area (Å²) in [5.41, 5.74) is 3.55. The van der Waals surface area contributed by atoms with Gasteiger partial charge in [0.15, 0.2) is 0 Å². The highest BCUT2D eigenvalue weighted by atomic mass is 79.9. The van der Waals surface area contributed by atoms with Gasteiger partial charge in [0, 0.05) is 16.9 Å². The van der Waals surface area contributed by atoms with E-state index in [4.69, 9.17) is 5.84 Å². The first-order valence-corrected chi connectivity index (χ1v) is 6.92. The number of alkyl halides is 3. The third-order valence-corrected chi connectivity index (χ3v) is 3.48. The van der Waals surface area contributed by atoms with E-state index in [-0.39, 0.29) is 6.04 Å². The Labute approximate surface area is 128 Å². The van der Waals surface area contributed by atoms with Gasteiger partial charge in [-0.05, 0) is 51.7 Å². The molecule has 0 spiro atoms. The fourth-order valence-corrected chi connectivity index (χ4v) is 2.39. The Balaban J connectivity index is 2.18. The van der Waals surface area contributed by atoms with Crippen molar-refractivity contribution in [1.82, 2.24) is 10.4 Å². The molecule has 2 rings (SSSR count). The van der Waals surface area contributed by atoms with Crippen LogP contribution in [-0.2, 0) is 12.6 Å². The van der Waals surface area contributed by atoms with Crippen LogP contribution in [0.15, 0.2) is 47.2 Å². The number of nitrogens with zero attached hydrogens (tertiary/aromatic N) is 1. The van der Waals surface area contributed by atoms with Gasteiger partial charge in [-0.15, -0.1) is 0 Å². The molecular weight excluding hydrogens is 347 g/mol. The van der Waals surface area contributed by atoms with Crippen LogP contribution in [0.3, 0.4) is 0 Å². The molecule has 0 aliphatic carbocycles. The van der Waals surface area contributed by atoms with Crippen molar-refractivity contribution in [3.8, 4) is 0 Å². The topological polar surface area (TPSA) is 50.9 Å². The zero-order valence-corrected chi connectivity index (χ0v) is 12.4. The first-order valence-electron chi connectivity index (χ1n) is 6.13. The van der Waals surface area contributed by atoms with Crippen LogP contribution < -0.4 is 11.3 Å². The summed E-state index contributed by atoms with van der Waals surface area (Å²) in [7, 11) is 0. The maximum Gasteiger partial charge on any atom is 0.416 e. The second-order valence-electron chi connectivity index (χ2n) is 4.55. The second kappa shape index (κ2) is 6.55.